The number of ether oxygens (including phenoxy) is 4. The van der Waals surface area contributed by atoms with Gasteiger partial charge in [-0.2, -0.15) is 0 Å². The van der Waals surface area contributed by atoms with E-state index in [4.69, 9.17) is 18.9 Å². The van der Waals surface area contributed by atoms with Gasteiger partial charge >= 0.3 is 11.9 Å². The number of esters is 2. The molecule has 0 unspecified atom stereocenters. The Labute approximate surface area is 173 Å². The van der Waals surface area contributed by atoms with Crippen molar-refractivity contribution in [1.82, 2.24) is 0 Å². The Kier molecular flexibility index (Phi) is 6.25. The molecule has 2 saturated heterocycles. The van der Waals surface area contributed by atoms with Crippen molar-refractivity contribution in [2.75, 3.05) is 13.7 Å². The van der Waals surface area contributed by atoms with Crippen LogP contribution in [-0.2, 0) is 28.5 Å². The molecule has 3 aliphatic rings. The first-order valence-electron chi connectivity index (χ1n) is 10.5. The quantitative estimate of drug-likeness (QED) is 0.380. The largest absolute Gasteiger partial charge is 0.469 e. The Morgan fingerprint density at radius 2 is 1.93 bits per heavy atom. The minimum absolute atomic E-state index is 0.130. The molecule has 6 heteroatoms. The maximum atomic E-state index is 12.8. The number of hydrogen-bond donors (Lipinski definition) is 0. The van der Waals surface area contributed by atoms with Crippen LogP contribution in [0.15, 0.2) is 23.8 Å². The third kappa shape index (κ3) is 5.10. The first-order chi connectivity index (χ1) is 13.6. The summed E-state index contributed by atoms with van der Waals surface area (Å²) in [4.78, 5) is 24.3. The topological polar surface area (TPSA) is 77.7 Å². The van der Waals surface area contributed by atoms with Crippen LogP contribution < -0.4 is 0 Å². The van der Waals surface area contributed by atoms with Crippen molar-refractivity contribution in [3.05, 3.63) is 23.8 Å². The van der Waals surface area contributed by atoms with E-state index in [0.717, 1.165) is 43.3 Å². The minimum atomic E-state index is -0.448. The zero-order valence-electron chi connectivity index (χ0n) is 18.3. The molecular weight excluding hydrogens is 372 g/mol. The van der Waals surface area contributed by atoms with Crippen molar-refractivity contribution < 1.29 is 28.5 Å². The van der Waals surface area contributed by atoms with Crippen molar-refractivity contribution >= 4 is 11.9 Å². The molecule has 2 heterocycles. The normalized spacial score (nSPS) is 36.2. The van der Waals surface area contributed by atoms with Crippen LogP contribution >= 0.6 is 0 Å². The van der Waals surface area contributed by atoms with E-state index in [2.05, 4.69) is 33.4 Å². The highest BCUT2D eigenvalue weighted by atomic mass is 16.6. The predicted molar refractivity (Wildman–Crippen MR) is 108 cm³/mol. The summed E-state index contributed by atoms with van der Waals surface area (Å²) in [7, 11) is 1.41. The number of methoxy groups -OCH3 is 1. The van der Waals surface area contributed by atoms with Gasteiger partial charge in [-0.1, -0.05) is 18.2 Å². The molecular formula is C23H34O6. The second-order valence-corrected chi connectivity index (χ2v) is 9.27. The van der Waals surface area contributed by atoms with Crippen LogP contribution in [0, 0.1) is 11.8 Å². The number of hydrogen-bond acceptors (Lipinski definition) is 6. The summed E-state index contributed by atoms with van der Waals surface area (Å²) in [5.74, 6) is -1.21. The van der Waals surface area contributed by atoms with E-state index in [1.165, 1.54) is 14.0 Å². The van der Waals surface area contributed by atoms with Gasteiger partial charge in [0.2, 0.25) is 0 Å². The second kappa shape index (κ2) is 8.23. The molecule has 162 valence electrons. The van der Waals surface area contributed by atoms with Gasteiger partial charge in [0.15, 0.2) is 0 Å². The van der Waals surface area contributed by atoms with Gasteiger partial charge in [-0.3, -0.25) is 9.59 Å². The summed E-state index contributed by atoms with van der Waals surface area (Å²) < 4.78 is 22.1. The number of rotatable bonds is 6. The first-order valence-corrected chi connectivity index (χ1v) is 10.5. The van der Waals surface area contributed by atoms with Crippen LogP contribution in [0.5, 0.6) is 0 Å². The molecule has 3 fully saturated rings. The molecule has 0 bridgehead atoms. The third-order valence-corrected chi connectivity index (χ3v) is 6.69. The standard InChI is InChI=1S/C23H34O6/c1-14-7-9-19-23(5,29-19)12-11-17(20(14)21(25)26-6)16(13-27-15(2)24)8-10-18-22(3,4)28-18/h8,17-20H,1,7,9-13H2,2-6H3/b16-8-/t17-,18+,19+,20+,23+/m1/s1. The molecule has 0 radical (unpaired) electrons. The van der Waals surface area contributed by atoms with Crippen LogP contribution in [-0.4, -0.2) is 49.1 Å². The van der Waals surface area contributed by atoms with Gasteiger partial charge in [0, 0.05) is 12.8 Å². The Balaban J connectivity index is 1.89. The molecule has 0 N–H and O–H groups in total. The molecule has 3 rings (SSSR count). The van der Waals surface area contributed by atoms with Crippen molar-refractivity contribution in [2.45, 2.75) is 83.2 Å². The third-order valence-electron chi connectivity index (χ3n) is 6.69. The molecule has 1 aliphatic carbocycles. The molecule has 6 nitrogen and oxygen atoms in total. The van der Waals surface area contributed by atoms with E-state index >= 15 is 0 Å². The Bertz CT molecular complexity index is 708. The highest BCUT2D eigenvalue weighted by Crippen LogP contribution is 2.48. The van der Waals surface area contributed by atoms with Crippen LogP contribution in [0.25, 0.3) is 0 Å². The second-order valence-electron chi connectivity index (χ2n) is 9.27. The number of fused-ring (bicyclic) bond motifs is 1. The number of epoxide rings is 2. The van der Waals surface area contributed by atoms with Crippen molar-refractivity contribution in [3.63, 3.8) is 0 Å². The lowest BCUT2D eigenvalue weighted by molar-refractivity contribution is -0.145. The molecule has 0 aromatic rings. The molecule has 0 spiro atoms. The molecule has 1 saturated carbocycles. The molecule has 0 amide bonds. The monoisotopic (exact) mass is 406 g/mol. The molecule has 2 aliphatic heterocycles. The number of carbonyl (C=O) groups is 2. The zero-order valence-corrected chi connectivity index (χ0v) is 18.3. The lowest BCUT2D eigenvalue weighted by Gasteiger charge is -2.29. The highest BCUT2D eigenvalue weighted by Gasteiger charge is 2.53. The lowest BCUT2D eigenvalue weighted by Crippen LogP contribution is -2.30. The SMILES string of the molecule is C=C1CC[C@@H]2O[C@@]2(C)CC[C@H](/C(=C\C[C@@H]2OC2(C)C)COC(C)=O)[C@H]1C(=O)OC. The maximum Gasteiger partial charge on any atom is 0.313 e. The van der Waals surface area contributed by atoms with Gasteiger partial charge in [-0.25, -0.2) is 0 Å². The van der Waals surface area contributed by atoms with Crippen LogP contribution in [0.2, 0.25) is 0 Å². The van der Waals surface area contributed by atoms with Crippen LogP contribution in [0.4, 0.5) is 0 Å². The summed E-state index contributed by atoms with van der Waals surface area (Å²) in [6.45, 7) is 12.0. The summed E-state index contributed by atoms with van der Waals surface area (Å²) in [5.41, 5.74) is 1.52. The van der Waals surface area contributed by atoms with E-state index < -0.39 is 5.92 Å². The summed E-state index contributed by atoms with van der Waals surface area (Å²) >= 11 is 0. The minimum Gasteiger partial charge on any atom is -0.469 e. The van der Waals surface area contributed by atoms with Crippen molar-refractivity contribution in [1.29, 1.82) is 0 Å². The maximum absolute atomic E-state index is 12.8. The average Bonchev–Trinajstić information content (AvgIpc) is 3.49. The van der Waals surface area contributed by atoms with E-state index in [-0.39, 0.29) is 47.9 Å². The van der Waals surface area contributed by atoms with Crippen LogP contribution in [0.1, 0.15) is 59.8 Å². The average molecular weight is 407 g/mol. The fraction of sp³-hybridized carbons (Fsp3) is 0.739. The van der Waals surface area contributed by atoms with Crippen molar-refractivity contribution in [2.24, 2.45) is 11.8 Å². The van der Waals surface area contributed by atoms with Gasteiger partial charge in [0.05, 0.1) is 36.4 Å². The van der Waals surface area contributed by atoms with E-state index in [0.29, 0.717) is 0 Å². The van der Waals surface area contributed by atoms with Crippen molar-refractivity contribution in [3.8, 4) is 0 Å². The summed E-state index contributed by atoms with van der Waals surface area (Å²) in [6, 6.07) is 0. The fourth-order valence-electron chi connectivity index (χ4n) is 4.52. The summed E-state index contributed by atoms with van der Waals surface area (Å²) in [6.07, 6.45) is 6.33. The van der Waals surface area contributed by atoms with E-state index in [1.807, 2.05) is 0 Å². The Morgan fingerprint density at radius 3 is 2.52 bits per heavy atom. The van der Waals surface area contributed by atoms with Gasteiger partial charge in [0.1, 0.15) is 6.61 Å². The van der Waals surface area contributed by atoms with E-state index in [9.17, 15) is 9.59 Å². The fourth-order valence-corrected chi connectivity index (χ4v) is 4.52. The molecule has 0 aromatic heterocycles. The lowest BCUT2D eigenvalue weighted by atomic mass is 9.77. The molecule has 0 aromatic carbocycles. The van der Waals surface area contributed by atoms with Crippen LogP contribution in [0.3, 0.4) is 0 Å². The van der Waals surface area contributed by atoms with Gasteiger partial charge < -0.3 is 18.9 Å². The molecule has 29 heavy (non-hydrogen) atoms. The zero-order chi connectivity index (χ0) is 21.4. The number of carbonyl (C=O) groups excluding carboxylic acids is 2. The smallest absolute Gasteiger partial charge is 0.313 e. The Hall–Kier alpha value is -1.66. The van der Waals surface area contributed by atoms with Gasteiger partial charge in [-0.15, -0.1) is 0 Å². The Morgan fingerprint density at radius 1 is 1.24 bits per heavy atom. The van der Waals surface area contributed by atoms with Gasteiger partial charge in [0.25, 0.3) is 0 Å². The van der Waals surface area contributed by atoms with E-state index in [1.54, 1.807) is 0 Å². The first kappa shape index (κ1) is 22.0. The molecule has 5 atom stereocenters. The van der Waals surface area contributed by atoms with Gasteiger partial charge in [-0.05, 0) is 58.4 Å². The summed E-state index contributed by atoms with van der Waals surface area (Å²) in [5, 5.41) is 0. The predicted octanol–water partition coefficient (Wildman–Crippen LogP) is 3.74. The highest BCUT2D eigenvalue weighted by molar-refractivity contribution is 5.76.